The van der Waals surface area contributed by atoms with Crippen molar-refractivity contribution in [1.29, 1.82) is 0 Å². The van der Waals surface area contributed by atoms with Crippen LogP contribution in [0.4, 0.5) is 5.69 Å². The Morgan fingerprint density at radius 1 is 1.16 bits per heavy atom. The highest BCUT2D eigenvalue weighted by molar-refractivity contribution is 7.99. The van der Waals surface area contributed by atoms with Crippen LogP contribution in [0.2, 0.25) is 0 Å². The van der Waals surface area contributed by atoms with Gasteiger partial charge in [-0.15, -0.1) is 10.2 Å². The van der Waals surface area contributed by atoms with Crippen LogP contribution in [0.5, 0.6) is 5.75 Å². The molecular formula is C22H25N5O3S. The van der Waals surface area contributed by atoms with Gasteiger partial charge in [0.2, 0.25) is 5.91 Å². The molecule has 0 saturated heterocycles. The molecule has 1 heterocycles. The third-order valence-electron chi connectivity index (χ3n) is 4.68. The SMILES string of the molecule is COc1cccc(NC(=O)CSc2nnc([C@@H](C)NC(=O)c3ccccc3C)n2C)c1. The minimum atomic E-state index is -0.343. The molecule has 3 aromatic rings. The molecule has 0 radical (unpaired) electrons. The van der Waals surface area contributed by atoms with Gasteiger partial charge in [-0.2, -0.15) is 0 Å². The van der Waals surface area contributed by atoms with Crippen LogP contribution in [-0.4, -0.2) is 39.4 Å². The number of anilines is 1. The van der Waals surface area contributed by atoms with Gasteiger partial charge >= 0.3 is 0 Å². The molecule has 0 aliphatic rings. The number of methoxy groups -OCH3 is 1. The van der Waals surface area contributed by atoms with Crippen molar-refractivity contribution >= 4 is 29.3 Å². The number of carbonyl (C=O) groups excluding carboxylic acids is 2. The molecule has 0 bridgehead atoms. The van der Waals surface area contributed by atoms with Crippen molar-refractivity contribution in [2.75, 3.05) is 18.2 Å². The first-order valence-electron chi connectivity index (χ1n) is 9.71. The Morgan fingerprint density at radius 3 is 2.68 bits per heavy atom. The van der Waals surface area contributed by atoms with Crippen LogP contribution < -0.4 is 15.4 Å². The molecule has 3 rings (SSSR count). The molecule has 31 heavy (non-hydrogen) atoms. The highest BCUT2D eigenvalue weighted by atomic mass is 32.2. The third-order valence-corrected chi connectivity index (χ3v) is 5.70. The maximum Gasteiger partial charge on any atom is 0.252 e. The number of nitrogens with zero attached hydrogens (tertiary/aromatic N) is 3. The van der Waals surface area contributed by atoms with E-state index >= 15 is 0 Å². The standard InChI is InChI=1S/C22H25N5O3S/c1-14-8-5-6-11-18(14)21(29)23-15(2)20-25-26-22(27(20)3)31-13-19(28)24-16-9-7-10-17(12-16)30-4/h5-12,15H,13H2,1-4H3,(H,23,29)(H,24,28)/t15-/m1/s1. The van der Waals surface area contributed by atoms with Gasteiger partial charge in [-0.05, 0) is 37.6 Å². The van der Waals surface area contributed by atoms with Crippen molar-refractivity contribution in [3.63, 3.8) is 0 Å². The summed E-state index contributed by atoms with van der Waals surface area (Å²) in [7, 11) is 3.39. The zero-order chi connectivity index (χ0) is 22.4. The summed E-state index contributed by atoms with van der Waals surface area (Å²) in [4.78, 5) is 24.9. The maximum atomic E-state index is 12.6. The van der Waals surface area contributed by atoms with Crippen molar-refractivity contribution in [3.05, 3.63) is 65.5 Å². The second kappa shape index (κ2) is 10.1. The second-order valence-corrected chi connectivity index (χ2v) is 7.92. The summed E-state index contributed by atoms with van der Waals surface area (Å²) in [6.45, 7) is 3.75. The summed E-state index contributed by atoms with van der Waals surface area (Å²) >= 11 is 1.27. The minimum absolute atomic E-state index is 0.163. The summed E-state index contributed by atoms with van der Waals surface area (Å²) in [6.07, 6.45) is 0. The van der Waals surface area contributed by atoms with Crippen molar-refractivity contribution in [2.45, 2.75) is 25.0 Å². The number of ether oxygens (including phenoxy) is 1. The molecule has 0 fully saturated rings. The van der Waals surface area contributed by atoms with E-state index in [1.807, 2.05) is 51.2 Å². The number of hydrogen-bond donors (Lipinski definition) is 2. The molecule has 1 atom stereocenters. The van der Waals surface area contributed by atoms with Gasteiger partial charge in [-0.25, -0.2) is 0 Å². The molecule has 0 aliphatic heterocycles. The fourth-order valence-electron chi connectivity index (χ4n) is 3.02. The van der Waals surface area contributed by atoms with Gasteiger partial charge in [0.1, 0.15) is 5.75 Å². The van der Waals surface area contributed by atoms with E-state index in [9.17, 15) is 9.59 Å². The fourth-order valence-corrected chi connectivity index (χ4v) is 3.74. The molecule has 0 saturated carbocycles. The Morgan fingerprint density at radius 2 is 1.94 bits per heavy atom. The minimum Gasteiger partial charge on any atom is -0.497 e. The molecule has 2 N–H and O–H groups in total. The number of rotatable bonds is 8. The largest absolute Gasteiger partial charge is 0.497 e. The predicted octanol–water partition coefficient (Wildman–Crippen LogP) is 3.35. The number of benzene rings is 2. The van der Waals surface area contributed by atoms with E-state index in [0.29, 0.717) is 28.0 Å². The van der Waals surface area contributed by atoms with E-state index in [0.717, 1.165) is 5.56 Å². The van der Waals surface area contributed by atoms with Crippen LogP contribution in [0.15, 0.2) is 53.7 Å². The Bertz CT molecular complexity index is 1080. The lowest BCUT2D eigenvalue weighted by Crippen LogP contribution is -2.29. The molecule has 1 aromatic heterocycles. The number of amides is 2. The Hall–Kier alpha value is -3.33. The Balaban J connectivity index is 1.58. The molecule has 0 unspecified atom stereocenters. The number of nitrogens with one attached hydrogen (secondary N) is 2. The number of thioether (sulfide) groups is 1. The lowest BCUT2D eigenvalue weighted by molar-refractivity contribution is -0.113. The van der Waals surface area contributed by atoms with Crippen LogP contribution >= 0.6 is 11.8 Å². The van der Waals surface area contributed by atoms with Crippen LogP contribution in [-0.2, 0) is 11.8 Å². The van der Waals surface area contributed by atoms with Crippen molar-refractivity contribution in [3.8, 4) is 5.75 Å². The Kier molecular flexibility index (Phi) is 7.30. The Labute approximate surface area is 185 Å². The predicted molar refractivity (Wildman–Crippen MR) is 120 cm³/mol. The highest BCUT2D eigenvalue weighted by Gasteiger charge is 2.19. The van der Waals surface area contributed by atoms with Crippen LogP contribution in [0, 0.1) is 6.92 Å². The quantitative estimate of drug-likeness (QED) is 0.523. The first kappa shape index (κ1) is 22.4. The summed E-state index contributed by atoms with van der Waals surface area (Å²) in [5.41, 5.74) is 2.19. The van der Waals surface area contributed by atoms with E-state index in [1.165, 1.54) is 11.8 Å². The van der Waals surface area contributed by atoms with Gasteiger partial charge in [0.25, 0.3) is 5.91 Å². The normalized spacial score (nSPS) is 11.6. The van der Waals surface area contributed by atoms with Gasteiger partial charge in [0.15, 0.2) is 11.0 Å². The average molecular weight is 440 g/mol. The van der Waals surface area contributed by atoms with Gasteiger partial charge in [0, 0.05) is 24.4 Å². The number of aryl methyl sites for hydroxylation is 1. The molecular weight excluding hydrogens is 414 g/mol. The smallest absolute Gasteiger partial charge is 0.252 e. The monoisotopic (exact) mass is 439 g/mol. The molecule has 0 aliphatic carbocycles. The summed E-state index contributed by atoms with van der Waals surface area (Å²) < 4.78 is 6.94. The van der Waals surface area contributed by atoms with Gasteiger partial charge in [-0.3, -0.25) is 9.59 Å². The van der Waals surface area contributed by atoms with E-state index < -0.39 is 0 Å². The van der Waals surface area contributed by atoms with Gasteiger partial charge in [-0.1, -0.05) is 36.0 Å². The van der Waals surface area contributed by atoms with E-state index in [2.05, 4.69) is 20.8 Å². The first-order chi connectivity index (χ1) is 14.9. The number of hydrogen-bond acceptors (Lipinski definition) is 6. The lowest BCUT2D eigenvalue weighted by Gasteiger charge is -2.14. The zero-order valence-corrected chi connectivity index (χ0v) is 18.7. The first-order valence-corrected chi connectivity index (χ1v) is 10.7. The number of carbonyl (C=O) groups is 2. The molecule has 9 heteroatoms. The zero-order valence-electron chi connectivity index (χ0n) is 17.9. The highest BCUT2D eigenvalue weighted by Crippen LogP contribution is 2.21. The van der Waals surface area contributed by atoms with Gasteiger partial charge in [0.05, 0.1) is 18.9 Å². The van der Waals surface area contributed by atoms with E-state index in [4.69, 9.17) is 4.74 Å². The van der Waals surface area contributed by atoms with Crippen LogP contribution in [0.25, 0.3) is 0 Å². The molecule has 2 amide bonds. The summed E-state index contributed by atoms with van der Waals surface area (Å²) in [5.74, 6) is 1.12. The second-order valence-electron chi connectivity index (χ2n) is 6.98. The topological polar surface area (TPSA) is 98.1 Å². The third kappa shape index (κ3) is 5.64. The average Bonchev–Trinajstić information content (AvgIpc) is 3.13. The van der Waals surface area contributed by atoms with Gasteiger partial charge < -0.3 is 19.9 Å². The van der Waals surface area contributed by atoms with Crippen LogP contribution in [0.3, 0.4) is 0 Å². The van der Waals surface area contributed by atoms with E-state index in [-0.39, 0.29) is 23.6 Å². The lowest BCUT2D eigenvalue weighted by atomic mass is 10.1. The summed E-state index contributed by atoms with van der Waals surface area (Å²) in [6, 6.07) is 14.2. The van der Waals surface area contributed by atoms with Crippen molar-refractivity contribution in [2.24, 2.45) is 7.05 Å². The molecule has 2 aromatic carbocycles. The van der Waals surface area contributed by atoms with Crippen LogP contribution in [0.1, 0.15) is 34.7 Å². The van der Waals surface area contributed by atoms with E-state index in [1.54, 1.807) is 29.9 Å². The molecule has 0 spiro atoms. The van der Waals surface area contributed by atoms with Crippen molar-refractivity contribution in [1.82, 2.24) is 20.1 Å². The fraction of sp³-hybridized carbons (Fsp3) is 0.273. The molecule has 162 valence electrons. The van der Waals surface area contributed by atoms with Crippen molar-refractivity contribution < 1.29 is 14.3 Å². The summed E-state index contributed by atoms with van der Waals surface area (Å²) in [5, 5.41) is 14.7. The maximum absolute atomic E-state index is 12.6. The number of aromatic nitrogens is 3. The molecule has 8 nitrogen and oxygen atoms in total.